The molecular weight excluding hydrogens is 314 g/mol. The molecule has 2 fully saturated rings. The molecule has 1 aliphatic carbocycles. The van der Waals surface area contributed by atoms with E-state index in [2.05, 4.69) is 31.2 Å². The van der Waals surface area contributed by atoms with E-state index in [-0.39, 0.29) is 11.9 Å². The number of hydrogen-bond donors (Lipinski definition) is 1. The average Bonchev–Trinajstić information content (AvgIpc) is 2.62. The molecule has 0 spiro atoms. The Balaban J connectivity index is 1.33. The largest absolute Gasteiger partial charge is 0.356 e. The van der Waals surface area contributed by atoms with Crippen molar-refractivity contribution in [1.29, 1.82) is 0 Å². The molecule has 0 unspecified atom stereocenters. The monoisotopic (exact) mass is 337 g/mol. The number of hydrogen-bond acceptors (Lipinski definition) is 5. The van der Waals surface area contributed by atoms with Crippen molar-refractivity contribution >= 4 is 11.7 Å². The van der Waals surface area contributed by atoms with E-state index in [4.69, 9.17) is 0 Å². The number of aromatic nitrogens is 3. The van der Waals surface area contributed by atoms with Crippen LogP contribution < -0.4 is 10.2 Å². The van der Waals surface area contributed by atoms with Crippen LogP contribution in [0.3, 0.4) is 0 Å². The number of rotatable bonds is 4. The van der Waals surface area contributed by atoms with E-state index in [1.54, 1.807) is 30.9 Å². The molecule has 2 aromatic rings. The maximum absolute atomic E-state index is 12.2. The Labute approximate surface area is 147 Å². The van der Waals surface area contributed by atoms with Crippen molar-refractivity contribution in [3.63, 3.8) is 0 Å². The summed E-state index contributed by atoms with van der Waals surface area (Å²) in [6, 6.07) is 5.93. The number of anilines is 1. The molecule has 1 saturated heterocycles. The first-order chi connectivity index (χ1) is 12.3. The fraction of sp³-hybridized carbons (Fsp3) is 0.474. The van der Waals surface area contributed by atoms with Crippen LogP contribution in [0.15, 0.2) is 36.9 Å². The zero-order valence-corrected chi connectivity index (χ0v) is 14.3. The molecule has 2 aliphatic rings. The highest BCUT2D eigenvalue weighted by Gasteiger charge is 2.25. The Morgan fingerprint density at radius 1 is 1.16 bits per heavy atom. The smallest absolute Gasteiger partial charge is 0.253 e. The van der Waals surface area contributed by atoms with Gasteiger partial charge in [-0.2, -0.15) is 0 Å². The topological polar surface area (TPSA) is 71.0 Å². The van der Waals surface area contributed by atoms with Crippen molar-refractivity contribution in [2.24, 2.45) is 0 Å². The van der Waals surface area contributed by atoms with Gasteiger partial charge >= 0.3 is 0 Å². The number of amides is 1. The highest BCUT2D eigenvalue weighted by atomic mass is 16.1. The zero-order chi connectivity index (χ0) is 17.1. The van der Waals surface area contributed by atoms with Gasteiger partial charge in [0.25, 0.3) is 5.91 Å². The van der Waals surface area contributed by atoms with Crippen LogP contribution in [0.4, 0.5) is 5.82 Å². The van der Waals surface area contributed by atoms with Gasteiger partial charge in [-0.3, -0.25) is 9.78 Å². The second kappa shape index (κ2) is 7.17. The van der Waals surface area contributed by atoms with Gasteiger partial charge < -0.3 is 10.2 Å². The maximum atomic E-state index is 12.2. The number of carbonyl (C=O) groups excluding carboxylic acids is 1. The molecule has 4 rings (SSSR count). The van der Waals surface area contributed by atoms with Gasteiger partial charge in [-0.25, -0.2) is 9.97 Å². The van der Waals surface area contributed by atoms with E-state index in [0.717, 1.165) is 31.7 Å². The molecule has 3 heterocycles. The lowest BCUT2D eigenvalue weighted by Crippen LogP contribution is -2.45. The van der Waals surface area contributed by atoms with Crippen LogP contribution in [0.1, 0.15) is 54.1 Å². The molecule has 1 amide bonds. The third-order valence-corrected chi connectivity index (χ3v) is 5.28. The van der Waals surface area contributed by atoms with Crippen molar-refractivity contribution in [1.82, 2.24) is 20.3 Å². The first kappa shape index (κ1) is 16.0. The van der Waals surface area contributed by atoms with Gasteiger partial charge in [-0.15, -0.1) is 0 Å². The van der Waals surface area contributed by atoms with E-state index in [0.29, 0.717) is 11.5 Å². The Morgan fingerprint density at radius 2 is 2.00 bits per heavy atom. The fourth-order valence-electron chi connectivity index (χ4n) is 3.48. The molecule has 2 aromatic heterocycles. The van der Waals surface area contributed by atoms with Crippen molar-refractivity contribution in [2.75, 3.05) is 18.0 Å². The molecule has 25 heavy (non-hydrogen) atoms. The van der Waals surface area contributed by atoms with E-state index in [9.17, 15) is 4.79 Å². The van der Waals surface area contributed by atoms with Crippen LogP contribution in [0.2, 0.25) is 0 Å². The van der Waals surface area contributed by atoms with Crippen molar-refractivity contribution in [2.45, 2.75) is 44.1 Å². The molecule has 1 saturated carbocycles. The summed E-state index contributed by atoms with van der Waals surface area (Å²) < 4.78 is 0. The van der Waals surface area contributed by atoms with E-state index >= 15 is 0 Å². The fourth-order valence-corrected chi connectivity index (χ4v) is 3.48. The predicted molar refractivity (Wildman–Crippen MR) is 95.6 cm³/mol. The normalized spacial score (nSPS) is 18.6. The molecule has 0 bridgehead atoms. The van der Waals surface area contributed by atoms with Crippen LogP contribution >= 0.6 is 0 Å². The molecular formula is C19H23N5O. The SMILES string of the molecule is O=C(NC1CCN(c2cc(C3CCC3)ncn2)CC1)c1cccnc1. The maximum Gasteiger partial charge on any atom is 0.253 e. The lowest BCUT2D eigenvalue weighted by Gasteiger charge is -2.33. The minimum atomic E-state index is -0.0409. The van der Waals surface area contributed by atoms with Crippen molar-refractivity contribution < 1.29 is 4.79 Å². The van der Waals surface area contributed by atoms with Crippen molar-refractivity contribution in [3.8, 4) is 0 Å². The Bertz CT molecular complexity index is 724. The zero-order valence-electron chi connectivity index (χ0n) is 14.3. The summed E-state index contributed by atoms with van der Waals surface area (Å²) in [4.78, 5) is 27.4. The van der Waals surface area contributed by atoms with Crippen LogP contribution in [-0.2, 0) is 0 Å². The van der Waals surface area contributed by atoms with Gasteiger partial charge in [-0.1, -0.05) is 6.42 Å². The third kappa shape index (κ3) is 3.62. The molecule has 1 N–H and O–H groups in total. The molecule has 6 nitrogen and oxygen atoms in total. The Morgan fingerprint density at radius 3 is 2.68 bits per heavy atom. The van der Waals surface area contributed by atoms with Gasteiger partial charge in [0.1, 0.15) is 12.1 Å². The molecule has 0 aromatic carbocycles. The van der Waals surface area contributed by atoms with Crippen molar-refractivity contribution in [3.05, 3.63) is 48.2 Å². The predicted octanol–water partition coefficient (Wildman–Crippen LogP) is 2.54. The number of nitrogens with zero attached hydrogens (tertiary/aromatic N) is 4. The van der Waals surface area contributed by atoms with Gasteiger partial charge in [0, 0.05) is 49.2 Å². The summed E-state index contributed by atoms with van der Waals surface area (Å²) in [6.07, 6.45) is 10.6. The van der Waals surface area contributed by atoms with Gasteiger partial charge in [0.05, 0.1) is 5.56 Å². The first-order valence-corrected chi connectivity index (χ1v) is 9.07. The lowest BCUT2D eigenvalue weighted by molar-refractivity contribution is 0.0930. The van der Waals surface area contributed by atoms with E-state index < -0.39 is 0 Å². The second-order valence-corrected chi connectivity index (χ2v) is 6.91. The Kier molecular flexibility index (Phi) is 4.59. The standard InChI is InChI=1S/C19H23N5O/c25-19(15-5-2-8-20-12-15)23-16-6-9-24(10-7-16)18-11-17(21-13-22-18)14-3-1-4-14/h2,5,8,11-14,16H,1,3-4,6-7,9-10H2,(H,23,25). The minimum Gasteiger partial charge on any atom is -0.356 e. The average molecular weight is 337 g/mol. The minimum absolute atomic E-state index is 0.0409. The number of carbonyl (C=O) groups is 1. The molecule has 6 heteroatoms. The van der Waals surface area contributed by atoms with E-state index in [1.165, 1.54) is 25.0 Å². The van der Waals surface area contributed by atoms with Gasteiger partial charge in [0.2, 0.25) is 0 Å². The Hall–Kier alpha value is -2.50. The summed E-state index contributed by atoms with van der Waals surface area (Å²) in [7, 11) is 0. The highest BCUT2D eigenvalue weighted by Crippen LogP contribution is 2.36. The summed E-state index contributed by atoms with van der Waals surface area (Å²) in [6.45, 7) is 1.80. The van der Waals surface area contributed by atoms with Crippen LogP contribution in [0.25, 0.3) is 0 Å². The van der Waals surface area contributed by atoms with Crippen LogP contribution in [0, 0.1) is 0 Å². The number of nitrogens with one attached hydrogen (secondary N) is 1. The quantitative estimate of drug-likeness (QED) is 0.928. The summed E-state index contributed by atoms with van der Waals surface area (Å²) >= 11 is 0. The summed E-state index contributed by atoms with van der Waals surface area (Å²) in [5.74, 6) is 1.60. The molecule has 1 aliphatic heterocycles. The van der Waals surface area contributed by atoms with Crippen LogP contribution in [-0.4, -0.2) is 40.0 Å². The summed E-state index contributed by atoms with van der Waals surface area (Å²) in [5.41, 5.74) is 1.80. The number of piperidine rings is 1. The first-order valence-electron chi connectivity index (χ1n) is 9.07. The highest BCUT2D eigenvalue weighted by molar-refractivity contribution is 5.94. The third-order valence-electron chi connectivity index (χ3n) is 5.28. The molecule has 130 valence electrons. The number of pyridine rings is 1. The molecule has 0 atom stereocenters. The summed E-state index contributed by atoms with van der Waals surface area (Å²) in [5, 5.41) is 3.12. The van der Waals surface area contributed by atoms with Gasteiger partial charge in [0.15, 0.2) is 0 Å². The van der Waals surface area contributed by atoms with Gasteiger partial charge in [-0.05, 0) is 37.8 Å². The van der Waals surface area contributed by atoms with E-state index in [1.807, 2.05) is 0 Å². The molecule has 0 radical (unpaired) electrons. The second-order valence-electron chi connectivity index (χ2n) is 6.91. The van der Waals surface area contributed by atoms with Crippen LogP contribution in [0.5, 0.6) is 0 Å². The lowest BCUT2D eigenvalue weighted by atomic mass is 9.83.